The van der Waals surface area contributed by atoms with Gasteiger partial charge in [-0.1, -0.05) is 25.7 Å². The molecule has 0 aliphatic carbocycles. The zero-order valence-electron chi connectivity index (χ0n) is 18.2. The molecular formula is C21H34BNO3Si. The molecule has 1 aromatic carbocycles. The maximum atomic E-state index is 6.25. The fourth-order valence-corrected chi connectivity index (χ4v) is 4.07. The molecule has 0 unspecified atom stereocenters. The van der Waals surface area contributed by atoms with Gasteiger partial charge in [0.2, 0.25) is 0 Å². The minimum Gasteiger partial charge on any atom is -0.399 e. The Morgan fingerprint density at radius 2 is 1.67 bits per heavy atom. The summed E-state index contributed by atoms with van der Waals surface area (Å²) in [6, 6.07) is 7.65. The van der Waals surface area contributed by atoms with Crippen LogP contribution in [0.2, 0.25) is 25.7 Å². The molecule has 1 fully saturated rings. The third kappa shape index (κ3) is 4.19. The summed E-state index contributed by atoms with van der Waals surface area (Å²) in [7, 11) is -1.37. The Labute approximate surface area is 165 Å². The summed E-state index contributed by atoms with van der Waals surface area (Å²) in [5.74, 6) is 0. The second-order valence-electron chi connectivity index (χ2n) is 9.93. The van der Waals surface area contributed by atoms with Gasteiger partial charge in [0, 0.05) is 26.3 Å². The van der Waals surface area contributed by atoms with E-state index < -0.39 is 8.07 Å². The molecule has 2 heterocycles. The molecule has 1 aliphatic rings. The summed E-state index contributed by atoms with van der Waals surface area (Å²) < 4.78 is 20.6. The van der Waals surface area contributed by atoms with Crippen LogP contribution in [0.15, 0.2) is 24.4 Å². The summed E-state index contributed by atoms with van der Waals surface area (Å²) in [5.41, 5.74) is 2.87. The SMILES string of the molecule is Cc1c(B2OC(C)(C)C(C)(C)O2)ccc2c1ccn2COCC[Si](C)(C)C. The highest BCUT2D eigenvalue weighted by molar-refractivity contribution is 6.76. The predicted octanol–water partition coefficient (Wildman–Crippen LogP) is 4.56. The second-order valence-corrected chi connectivity index (χ2v) is 15.6. The largest absolute Gasteiger partial charge is 0.495 e. The lowest BCUT2D eigenvalue weighted by Crippen LogP contribution is -2.41. The summed E-state index contributed by atoms with van der Waals surface area (Å²) in [6.45, 7) is 19.1. The summed E-state index contributed by atoms with van der Waals surface area (Å²) in [4.78, 5) is 0. The predicted molar refractivity (Wildman–Crippen MR) is 116 cm³/mol. The number of aryl methyl sites for hydroxylation is 1. The maximum absolute atomic E-state index is 6.25. The summed E-state index contributed by atoms with van der Waals surface area (Å²) in [6.07, 6.45) is 2.11. The first-order valence-electron chi connectivity index (χ1n) is 9.93. The van der Waals surface area contributed by atoms with Gasteiger partial charge in [-0.2, -0.15) is 0 Å². The molecule has 148 valence electrons. The minimum absolute atomic E-state index is 0.323. The van der Waals surface area contributed by atoms with E-state index in [1.807, 2.05) is 0 Å². The molecule has 6 heteroatoms. The quantitative estimate of drug-likeness (QED) is 0.538. The molecule has 0 radical (unpaired) electrons. The van der Waals surface area contributed by atoms with Crippen LogP contribution in [-0.2, 0) is 20.8 Å². The third-order valence-electron chi connectivity index (χ3n) is 6.00. The van der Waals surface area contributed by atoms with E-state index in [1.165, 1.54) is 22.5 Å². The van der Waals surface area contributed by atoms with Crippen molar-refractivity contribution in [2.24, 2.45) is 0 Å². The summed E-state index contributed by atoms with van der Waals surface area (Å²) >= 11 is 0. The highest BCUT2D eigenvalue weighted by Gasteiger charge is 2.52. The van der Waals surface area contributed by atoms with E-state index in [2.05, 4.69) is 83.2 Å². The van der Waals surface area contributed by atoms with Crippen LogP contribution in [0.1, 0.15) is 33.3 Å². The van der Waals surface area contributed by atoms with E-state index in [0.29, 0.717) is 6.73 Å². The molecule has 0 atom stereocenters. The lowest BCUT2D eigenvalue weighted by molar-refractivity contribution is 0.00578. The molecular weight excluding hydrogens is 353 g/mol. The molecule has 0 spiro atoms. The smallest absolute Gasteiger partial charge is 0.399 e. The molecule has 1 aromatic heterocycles. The van der Waals surface area contributed by atoms with Gasteiger partial charge in [-0.25, -0.2) is 0 Å². The zero-order valence-corrected chi connectivity index (χ0v) is 19.2. The lowest BCUT2D eigenvalue weighted by Gasteiger charge is -2.32. The van der Waals surface area contributed by atoms with Crippen molar-refractivity contribution in [3.8, 4) is 0 Å². The van der Waals surface area contributed by atoms with Crippen molar-refractivity contribution in [2.75, 3.05) is 6.61 Å². The first kappa shape index (κ1) is 20.7. The number of rotatable bonds is 6. The number of aromatic nitrogens is 1. The van der Waals surface area contributed by atoms with E-state index in [4.69, 9.17) is 14.0 Å². The number of hydrogen-bond acceptors (Lipinski definition) is 3. The van der Waals surface area contributed by atoms with Gasteiger partial charge in [-0.15, -0.1) is 0 Å². The fraction of sp³-hybridized carbons (Fsp3) is 0.619. The second kappa shape index (κ2) is 7.07. The van der Waals surface area contributed by atoms with Crippen LogP contribution in [0, 0.1) is 6.92 Å². The van der Waals surface area contributed by atoms with E-state index in [9.17, 15) is 0 Å². The van der Waals surface area contributed by atoms with Crippen LogP contribution in [0.5, 0.6) is 0 Å². The molecule has 0 saturated carbocycles. The van der Waals surface area contributed by atoms with Crippen molar-refractivity contribution in [3.63, 3.8) is 0 Å². The first-order valence-corrected chi connectivity index (χ1v) is 13.6. The zero-order chi connectivity index (χ0) is 20.0. The van der Waals surface area contributed by atoms with Crippen molar-refractivity contribution in [2.45, 2.75) is 78.2 Å². The number of ether oxygens (including phenoxy) is 1. The summed E-state index contributed by atoms with van der Waals surface area (Å²) in [5, 5.41) is 1.23. The Hall–Kier alpha value is -1.08. The van der Waals surface area contributed by atoms with Gasteiger partial charge < -0.3 is 18.6 Å². The van der Waals surface area contributed by atoms with Gasteiger partial charge in [0.05, 0.1) is 16.7 Å². The highest BCUT2D eigenvalue weighted by Crippen LogP contribution is 2.37. The number of nitrogens with zero attached hydrogens (tertiary/aromatic N) is 1. The Kier molecular flexibility index (Phi) is 5.41. The van der Waals surface area contributed by atoms with Crippen LogP contribution in [-0.4, -0.2) is 37.6 Å². The maximum Gasteiger partial charge on any atom is 0.495 e. The van der Waals surface area contributed by atoms with Crippen LogP contribution in [0.4, 0.5) is 0 Å². The standard InChI is InChI=1S/C21H34BNO3Si/c1-16-17-11-12-23(15-24-13-14-27(6,7)8)19(17)10-9-18(16)22-25-20(2,3)21(4,5)26-22/h9-12H,13-15H2,1-8H3. The first-order chi connectivity index (χ1) is 12.4. The molecule has 27 heavy (non-hydrogen) atoms. The van der Waals surface area contributed by atoms with Gasteiger partial charge in [-0.3, -0.25) is 0 Å². The molecule has 1 aliphatic heterocycles. The van der Waals surface area contributed by atoms with E-state index in [-0.39, 0.29) is 18.3 Å². The van der Waals surface area contributed by atoms with Crippen molar-refractivity contribution in [1.29, 1.82) is 0 Å². The lowest BCUT2D eigenvalue weighted by atomic mass is 9.75. The third-order valence-corrected chi connectivity index (χ3v) is 7.70. The van der Waals surface area contributed by atoms with Crippen LogP contribution < -0.4 is 5.46 Å². The van der Waals surface area contributed by atoms with Crippen LogP contribution in [0.25, 0.3) is 10.9 Å². The van der Waals surface area contributed by atoms with Crippen molar-refractivity contribution in [1.82, 2.24) is 4.57 Å². The van der Waals surface area contributed by atoms with Crippen LogP contribution in [0.3, 0.4) is 0 Å². The average molecular weight is 387 g/mol. The Balaban J connectivity index is 1.77. The monoisotopic (exact) mass is 387 g/mol. The molecule has 4 nitrogen and oxygen atoms in total. The van der Waals surface area contributed by atoms with Gasteiger partial charge in [0.1, 0.15) is 6.73 Å². The van der Waals surface area contributed by atoms with Crippen molar-refractivity contribution >= 4 is 31.6 Å². The minimum atomic E-state index is -1.05. The van der Waals surface area contributed by atoms with Crippen LogP contribution >= 0.6 is 0 Å². The average Bonchev–Trinajstić information content (AvgIpc) is 3.02. The van der Waals surface area contributed by atoms with Crippen molar-refractivity contribution < 1.29 is 14.0 Å². The van der Waals surface area contributed by atoms with Gasteiger partial charge in [-0.05, 0) is 63.8 Å². The van der Waals surface area contributed by atoms with E-state index in [1.54, 1.807) is 0 Å². The Morgan fingerprint density at radius 1 is 1.04 bits per heavy atom. The fourth-order valence-electron chi connectivity index (χ4n) is 3.32. The van der Waals surface area contributed by atoms with Crippen molar-refractivity contribution in [3.05, 3.63) is 30.0 Å². The Morgan fingerprint density at radius 3 is 2.26 bits per heavy atom. The molecule has 0 bridgehead atoms. The van der Waals surface area contributed by atoms with E-state index in [0.717, 1.165) is 12.1 Å². The number of fused-ring (bicyclic) bond motifs is 1. The molecule has 1 saturated heterocycles. The highest BCUT2D eigenvalue weighted by atomic mass is 28.3. The topological polar surface area (TPSA) is 32.6 Å². The number of benzene rings is 1. The van der Waals surface area contributed by atoms with Gasteiger partial charge in [0.25, 0.3) is 0 Å². The molecule has 3 rings (SSSR count). The normalized spacial score (nSPS) is 19.2. The number of hydrogen-bond donors (Lipinski definition) is 0. The van der Waals surface area contributed by atoms with E-state index >= 15 is 0 Å². The molecule has 2 aromatic rings. The molecule has 0 amide bonds. The molecule has 0 N–H and O–H groups in total. The Bertz CT molecular complexity index is 807. The van der Waals surface area contributed by atoms with Gasteiger partial charge in [0.15, 0.2) is 0 Å². The van der Waals surface area contributed by atoms with Gasteiger partial charge >= 0.3 is 7.12 Å².